The minimum Gasteiger partial charge on any atom is -0.505 e. The number of esters is 1. The Kier molecular flexibility index (Phi) is 5.23. The van der Waals surface area contributed by atoms with Crippen LogP contribution in [0.5, 0.6) is 5.75 Å². The summed E-state index contributed by atoms with van der Waals surface area (Å²) in [6.07, 6.45) is 1.47. The largest absolute Gasteiger partial charge is 0.505 e. The van der Waals surface area contributed by atoms with Crippen LogP contribution in [0, 0.1) is 0 Å². The van der Waals surface area contributed by atoms with Crippen LogP contribution in [0.3, 0.4) is 0 Å². The molecule has 0 aromatic heterocycles. The number of piperidine rings is 1. The molecular weight excluding hydrogens is 364 g/mol. The van der Waals surface area contributed by atoms with Crippen molar-refractivity contribution in [3.63, 3.8) is 0 Å². The standard InChI is InChI=1S/C24H24N2O3/c25-21-8-4-7-20(22(21)27)17-9-11-18(12-10-17)23(28)29-24(13-15-26-16-14-24)19-5-2-1-3-6-19/h1-12,26-27H,13-16,25H2. The maximum atomic E-state index is 12.9. The number of carbonyl (C=O) groups is 1. The number of nitrogens with one attached hydrogen (secondary N) is 1. The molecule has 1 heterocycles. The Labute approximate surface area is 170 Å². The van der Waals surface area contributed by atoms with Gasteiger partial charge in [0, 0.05) is 18.4 Å². The average Bonchev–Trinajstić information content (AvgIpc) is 2.77. The minimum absolute atomic E-state index is 0.0422. The molecule has 0 bridgehead atoms. The molecule has 0 unspecified atom stereocenters. The van der Waals surface area contributed by atoms with E-state index in [-0.39, 0.29) is 11.7 Å². The molecule has 5 nitrogen and oxygen atoms in total. The van der Waals surface area contributed by atoms with E-state index in [1.165, 1.54) is 0 Å². The summed E-state index contributed by atoms with van der Waals surface area (Å²) in [5.74, 6) is -0.306. The third kappa shape index (κ3) is 3.82. The second-order valence-electron chi connectivity index (χ2n) is 7.32. The lowest BCUT2D eigenvalue weighted by molar-refractivity contribution is -0.0378. The Bertz CT molecular complexity index is 994. The summed E-state index contributed by atoms with van der Waals surface area (Å²) in [6.45, 7) is 1.60. The number of ether oxygens (including phenoxy) is 1. The van der Waals surface area contributed by atoms with Gasteiger partial charge >= 0.3 is 5.97 Å². The summed E-state index contributed by atoms with van der Waals surface area (Å²) in [5, 5.41) is 13.5. The molecule has 1 aliphatic heterocycles. The van der Waals surface area contributed by atoms with Crippen molar-refractivity contribution in [2.45, 2.75) is 18.4 Å². The van der Waals surface area contributed by atoms with Gasteiger partial charge < -0.3 is 20.9 Å². The third-order valence-corrected chi connectivity index (χ3v) is 5.50. The topological polar surface area (TPSA) is 84.6 Å². The molecule has 148 valence electrons. The van der Waals surface area contributed by atoms with Gasteiger partial charge in [-0.1, -0.05) is 54.6 Å². The smallest absolute Gasteiger partial charge is 0.339 e. The van der Waals surface area contributed by atoms with E-state index in [1.807, 2.05) is 30.3 Å². The Balaban J connectivity index is 1.58. The lowest BCUT2D eigenvalue weighted by atomic mass is 9.84. The summed E-state index contributed by atoms with van der Waals surface area (Å²) < 4.78 is 6.09. The molecule has 0 spiro atoms. The number of hydrogen-bond donors (Lipinski definition) is 3. The fourth-order valence-electron chi connectivity index (χ4n) is 3.84. The van der Waals surface area contributed by atoms with Gasteiger partial charge in [-0.25, -0.2) is 4.79 Å². The van der Waals surface area contributed by atoms with Crippen LogP contribution in [0.2, 0.25) is 0 Å². The van der Waals surface area contributed by atoms with Crippen molar-refractivity contribution in [1.82, 2.24) is 5.32 Å². The van der Waals surface area contributed by atoms with Crippen LogP contribution < -0.4 is 11.1 Å². The van der Waals surface area contributed by atoms with Gasteiger partial charge in [-0.2, -0.15) is 0 Å². The number of benzene rings is 3. The van der Waals surface area contributed by atoms with Gasteiger partial charge in [-0.3, -0.25) is 0 Å². The molecule has 1 fully saturated rings. The molecule has 1 aliphatic rings. The van der Waals surface area contributed by atoms with E-state index < -0.39 is 5.60 Å². The van der Waals surface area contributed by atoms with Gasteiger partial charge in [0.1, 0.15) is 11.4 Å². The van der Waals surface area contributed by atoms with E-state index in [4.69, 9.17) is 10.5 Å². The molecular formula is C24H24N2O3. The number of carbonyl (C=O) groups excluding carboxylic acids is 1. The van der Waals surface area contributed by atoms with Crippen molar-refractivity contribution in [3.8, 4) is 16.9 Å². The zero-order valence-electron chi connectivity index (χ0n) is 16.1. The number of para-hydroxylation sites is 1. The fourth-order valence-corrected chi connectivity index (χ4v) is 3.84. The summed E-state index contributed by atoms with van der Waals surface area (Å²) in [5.41, 5.74) is 8.40. The molecule has 0 amide bonds. The maximum absolute atomic E-state index is 12.9. The van der Waals surface area contributed by atoms with Crippen molar-refractivity contribution in [2.24, 2.45) is 0 Å². The number of rotatable bonds is 4. The molecule has 0 saturated carbocycles. The Morgan fingerprint density at radius 3 is 2.31 bits per heavy atom. The highest BCUT2D eigenvalue weighted by molar-refractivity contribution is 5.91. The lowest BCUT2D eigenvalue weighted by Gasteiger charge is -2.37. The molecule has 1 saturated heterocycles. The van der Waals surface area contributed by atoms with Crippen LogP contribution >= 0.6 is 0 Å². The van der Waals surface area contributed by atoms with Crippen LogP contribution in [-0.2, 0) is 10.3 Å². The molecule has 5 heteroatoms. The van der Waals surface area contributed by atoms with Gasteiger partial charge in [0.25, 0.3) is 0 Å². The Morgan fingerprint density at radius 1 is 0.931 bits per heavy atom. The van der Waals surface area contributed by atoms with E-state index in [0.29, 0.717) is 16.8 Å². The van der Waals surface area contributed by atoms with Gasteiger partial charge in [-0.15, -0.1) is 0 Å². The summed E-state index contributed by atoms with van der Waals surface area (Å²) in [6, 6.07) is 22.2. The van der Waals surface area contributed by atoms with Crippen molar-refractivity contribution in [2.75, 3.05) is 18.8 Å². The second-order valence-corrected chi connectivity index (χ2v) is 7.32. The van der Waals surface area contributed by atoms with E-state index in [1.54, 1.807) is 42.5 Å². The highest BCUT2D eigenvalue weighted by Gasteiger charge is 2.38. The fraction of sp³-hybridized carbons (Fsp3) is 0.208. The summed E-state index contributed by atoms with van der Waals surface area (Å²) in [4.78, 5) is 12.9. The van der Waals surface area contributed by atoms with Gasteiger partial charge in [0.15, 0.2) is 0 Å². The van der Waals surface area contributed by atoms with Crippen LogP contribution in [-0.4, -0.2) is 24.2 Å². The second kappa shape index (κ2) is 7.97. The van der Waals surface area contributed by atoms with Gasteiger partial charge in [0.2, 0.25) is 0 Å². The van der Waals surface area contributed by atoms with Gasteiger partial charge in [-0.05, 0) is 42.4 Å². The molecule has 3 aromatic rings. The van der Waals surface area contributed by atoms with E-state index in [0.717, 1.165) is 37.1 Å². The first kappa shape index (κ1) is 19.0. The zero-order chi connectivity index (χ0) is 20.3. The van der Waals surface area contributed by atoms with Crippen LogP contribution in [0.25, 0.3) is 11.1 Å². The first-order valence-electron chi connectivity index (χ1n) is 9.76. The average molecular weight is 388 g/mol. The molecule has 0 radical (unpaired) electrons. The molecule has 0 atom stereocenters. The first-order chi connectivity index (χ1) is 14.1. The predicted molar refractivity (Wildman–Crippen MR) is 114 cm³/mol. The number of nitrogens with two attached hydrogens (primary N) is 1. The first-order valence-corrected chi connectivity index (χ1v) is 9.76. The van der Waals surface area contributed by atoms with Crippen LogP contribution in [0.4, 0.5) is 5.69 Å². The molecule has 4 rings (SSSR count). The molecule has 29 heavy (non-hydrogen) atoms. The molecule has 3 aromatic carbocycles. The van der Waals surface area contributed by atoms with E-state index >= 15 is 0 Å². The van der Waals surface area contributed by atoms with Gasteiger partial charge in [0.05, 0.1) is 11.3 Å². The maximum Gasteiger partial charge on any atom is 0.339 e. The highest BCUT2D eigenvalue weighted by atomic mass is 16.6. The Hall–Kier alpha value is -3.31. The summed E-state index contributed by atoms with van der Waals surface area (Å²) >= 11 is 0. The van der Waals surface area contributed by atoms with Crippen LogP contribution in [0.1, 0.15) is 28.8 Å². The van der Waals surface area contributed by atoms with Crippen molar-refractivity contribution >= 4 is 11.7 Å². The third-order valence-electron chi connectivity index (χ3n) is 5.50. The number of aromatic hydroxyl groups is 1. The van der Waals surface area contributed by atoms with Crippen molar-refractivity contribution in [3.05, 3.63) is 83.9 Å². The highest BCUT2D eigenvalue weighted by Crippen LogP contribution is 2.36. The summed E-state index contributed by atoms with van der Waals surface area (Å²) in [7, 11) is 0. The SMILES string of the molecule is Nc1cccc(-c2ccc(C(=O)OC3(c4ccccc4)CCNCC3)cc2)c1O. The molecule has 0 aliphatic carbocycles. The zero-order valence-corrected chi connectivity index (χ0v) is 16.1. The van der Waals surface area contributed by atoms with E-state index in [9.17, 15) is 9.90 Å². The molecule has 4 N–H and O–H groups in total. The number of anilines is 1. The normalized spacial score (nSPS) is 15.6. The minimum atomic E-state index is -0.617. The Morgan fingerprint density at radius 2 is 1.62 bits per heavy atom. The predicted octanol–water partition coefficient (Wildman–Crippen LogP) is 4.08. The number of nitrogen functional groups attached to an aromatic ring is 1. The number of phenols is 1. The van der Waals surface area contributed by atoms with Crippen LogP contribution in [0.15, 0.2) is 72.8 Å². The number of hydrogen-bond acceptors (Lipinski definition) is 5. The quantitative estimate of drug-likeness (QED) is 0.356. The van der Waals surface area contributed by atoms with Crippen molar-refractivity contribution in [1.29, 1.82) is 0 Å². The lowest BCUT2D eigenvalue weighted by Crippen LogP contribution is -2.43. The van der Waals surface area contributed by atoms with Crippen molar-refractivity contribution < 1.29 is 14.6 Å². The van der Waals surface area contributed by atoms with E-state index in [2.05, 4.69) is 5.32 Å². The number of phenolic OH excluding ortho intramolecular Hbond substituents is 1. The monoisotopic (exact) mass is 388 g/mol.